The van der Waals surface area contributed by atoms with Gasteiger partial charge in [-0.3, -0.25) is 9.48 Å². The van der Waals surface area contributed by atoms with Crippen LogP contribution in [-0.4, -0.2) is 38.7 Å². The van der Waals surface area contributed by atoms with Crippen molar-refractivity contribution in [1.82, 2.24) is 19.7 Å². The molecular weight excluding hydrogens is 426 g/mol. The lowest BCUT2D eigenvalue weighted by molar-refractivity contribution is -0.117. The molecule has 11 nitrogen and oxygen atoms in total. The number of benzene rings is 1. The monoisotopic (exact) mass is 447 g/mol. The van der Waals surface area contributed by atoms with Gasteiger partial charge in [-0.2, -0.15) is 5.10 Å². The van der Waals surface area contributed by atoms with Crippen molar-refractivity contribution in [1.29, 1.82) is 0 Å². The van der Waals surface area contributed by atoms with Crippen molar-refractivity contribution in [3.05, 3.63) is 42.0 Å². The van der Waals surface area contributed by atoms with Crippen molar-refractivity contribution >= 4 is 34.9 Å². The fourth-order valence-electron chi connectivity index (χ4n) is 3.55. The predicted octanol–water partition coefficient (Wildman–Crippen LogP) is 2.59. The van der Waals surface area contributed by atoms with Crippen LogP contribution in [-0.2, 0) is 28.0 Å². The number of hydrogen-bond acceptors (Lipinski definition) is 9. The summed E-state index contributed by atoms with van der Waals surface area (Å²) in [4.78, 5) is 32.2. The molecule has 1 fully saturated rings. The lowest BCUT2D eigenvalue weighted by atomic mass is 10.1. The summed E-state index contributed by atoms with van der Waals surface area (Å²) in [5, 5.41) is 13.4. The molecule has 1 aliphatic carbocycles. The molecule has 1 amide bonds. The highest BCUT2D eigenvalue weighted by atomic mass is 16.5. The maximum atomic E-state index is 12.3. The van der Waals surface area contributed by atoms with Crippen LogP contribution in [0.2, 0.25) is 0 Å². The van der Waals surface area contributed by atoms with Crippen LogP contribution in [0.3, 0.4) is 0 Å². The zero-order chi connectivity index (χ0) is 22.9. The van der Waals surface area contributed by atoms with Gasteiger partial charge in [0, 0.05) is 19.0 Å². The van der Waals surface area contributed by atoms with E-state index in [4.69, 9.17) is 9.47 Å². The van der Waals surface area contributed by atoms with Crippen molar-refractivity contribution in [2.24, 2.45) is 13.0 Å². The molecular formula is C22H21N7O4. The number of carbonyl (C=O) groups excluding carboxylic acids is 2. The molecule has 11 heteroatoms. The maximum absolute atomic E-state index is 12.3. The number of aryl methyl sites for hydroxylation is 1. The Bertz CT molecular complexity index is 1290. The smallest absolute Gasteiger partial charge is 0.281 e. The zero-order valence-electron chi connectivity index (χ0n) is 18.0. The third-order valence-electron chi connectivity index (χ3n) is 5.34. The molecule has 168 valence electrons. The van der Waals surface area contributed by atoms with E-state index in [1.165, 1.54) is 0 Å². The second kappa shape index (κ2) is 8.29. The van der Waals surface area contributed by atoms with Crippen LogP contribution in [0.25, 0.3) is 11.4 Å². The molecule has 0 saturated heterocycles. The van der Waals surface area contributed by atoms with Gasteiger partial charge in [0.1, 0.15) is 24.6 Å². The Morgan fingerprint density at radius 3 is 2.88 bits per heavy atom. The Morgan fingerprint density at radius 1 is 1.33 bits per heavy atom. The normalized spacial score (nSPS) is 14.4. The Kier molecular flexibility index (Phi) is 5.15. The number of para-hydroxylation sites is 1. The minimum atomic E-state index is -0.0765. The molecule has 0 atom stereocenters. The predicted molar refractivity (Wildman–Crippen MR) is 119 cm³/mol. The van der Waals surface area contributed by atoms with Crippen LogP contribution in [0.15, 0.2) is 36.5 Å². The average Bonchev–Trinajstić information content (AvgIpc) is 3.59. The summed E-state index contributed by atoms with van der Waals surface area (Å²) in [6.45, 7) is 0.100. The van der Waals surface area contributed by atoms with Gasteiger partial charge in [0.25, 0.3) is 5.88 Å². The van der Waals surface area contributed by atoms with Crippen molar-refractivity contribution in [3.63, 3.8) is 0 Å². The highest BCUT2D eigenvalue weighted by Crippen LogP contribution is 2.40. The Morgan fingerprint density at radius 2 is 2.18 bits per heavy atom. The largest absolute Gasteiger partial charge is 0.494 e. The summed E-state index contributed by atoms with van der Waals surface area (Å²) in [7, 11) is 3.36. The van der Waals surface area contributed by atoms with Crippen molar-refractivity contribution in [2.75, 3.05) is 23.1 Å². The van der Waals surface area contributed by atoms with Crippen molar-refractivity contribution in [2.45, 2.75) is 19.4 Å². The number of rotatable bonds is 6. The summed E-state index contributed by atoms with van der Waals surface area (Å²) in [6.07, 6.45) is 3.36. The molecule has 2 aromatic heterocycles. The molecule has 1 aromatic carbocycles. The van der Waals surface area contributed by atoms with E-state index in [2.05, 4.69) is 31.0 Å². The van der Waals surface area contributed by atoms with Gasteiger partial charge in [-0.1, -0.05) is 6.07 Å². The molecule has 5 rings (SSSR count). The molecule has 3 aromatic rings. The number of fused-ring (bicyclic) bond motifs is 1. The third-order valence-corrected chi connectivity index (χ3v) is 5.34. The first kappa shape index (κ1) is 20.5. The summed E-state index contributed by atoms with van der Waals surface area (Å²) >= 11 is 0. The van der Waals surface area contributed by atoms with E-state index in [1.807, 2.05) is 18.2 Å². The summed E-state index contributed by atoms with van der Waals surface area (Å²) in [5.74, 6) is 3.41. The molecule has 33 heavy (non-hydrogen) atoms. The second-order valence-electron chi connectivity index (χ2n) is 7.74. The van der Waals surface area contributed by atoms with Crippen LogP contribution in [0, 0.1) is 5.92 Å². The van der Waals surface area contributed by atoms with Gasteiger partial charge in [-0.15, -0.1) is 0 Å². The third kappa shape index (κ3) is 4.09. The van der Waals surface area contributed by atoms with Crippen LogP contribution in [0.4, 0.5) is 23.0 Å². The lowest BCUT2D eigenvalue weighted by Gasteiger charge is -2.23. The van der Waals surface area contributed by atoms with E-state index < -0.39 is 0 Å². The molecule has 0 unspecified atom stereocenters. The zero-order valence-corrected chi connectivity index (χ0v) is 18.0. The fraction of sp³-hybridized carbons (Fsp3) is 0.273. The summed E-state index contributed by atoms with van der Waals surface area (Å²) in [5.41, 5.74) is 2.69. The van der Waals surface area contributed by atoms with Crippen molar-refractivity contribution < 1.29 is 19.1 Å². The van der Waals surface area contributed by atoms with Gasteiger partial charge in [-0.25, -0.2) is 14.8 Å². The quantitative estimate of drug-likeness (QED) is 0.488. The number of methoxy groups -OCH3 is 1. The molecule has 3 N–H and O–H groups in total. The number of carbonyl (C=O) groups is 1. The first-order valence-electron chi connectivity index (χ1n) is 10.4. The summed E-state index contributed by atoms with van der Waals surface area (Å²) < 4.78 is 12.7. The first-order chi connectivity index (χ1) is 16.1. The van der Waals surface area contributed by atoms with Gasteiger partial charge in [0.05, 0.1) is 29.6 Å². The highest BCUT2D eigenvalue weighted by Gasteiger charge is 2.30. The molecule has 0 radical (unpaired) electrons. The van der Waals surface area contributed by atoms with Gasteiger partial charge in [0.15, 0.2) is 17.5 Å². The first-order valence-corrected chi connectivity index (χ1v) is 10.4. The van der Waals surface area contributed by atoms with Crippen molar-refractivity contribution in [3.8, 4) is 17.1 Å². The Balaban J connectivity index is 1.55. The summed E-state index contributed by atoms with van der Waals surface area (Å²) in [6, 6.07) is 7.32. The SMILES string of the molecule is COc1c(Nc2cc(NC(=O)C3CC3)nc3c2COC(=C=O)N3)cccc1-c1ncn(C)n1. The van der Waals surface area contributed by atoms with E-state index >= 15 is 0 Å². The van der Waals surface area contributed by atoms with E-state index in [1.54, 1.807) is 37.2 Å². The molecule has 0 bridgehead atoms. The van der Waals surface area contributed by atoms with Gasteiger partial charge in [-0.05, 0) is 25.0 Å². The van der Waals surface area contributed by atoms with Gasteiger partial charge < -0.3 is 25.4 Å². The van der Waals surface area contributed by atoms with Crippen LogP contribution in [0.1, 0.15) is 18.4 Å². The van der Waals surface area contributed by atoms with Gasteiger partial charge >= 0.3 is 0 Å². The Labute approximate surface area is 188 Å². The van der Waals surface area contributed by atoms with E-state index in [-0.39, 0.29) is 24.3 Å². The Hall–Kier alpha value is -4.37. The van der Waals surface area contributed by atoms with E-state index in [9.17, 15) is 9.59 Å². The number of hydrogen-bond donors (Lipinski definition) is 3. The lowest BCUT2D eigenvalue weighted by Crippen LogP contribution is -2.19. The number of nitrogens with one attached hydrogen (secondary N) is 3. The number of anilines is 4. The molecule has 3 heterocycles. The van der Waals surface area contributed by atoms with Crippen LogP contribution < -0.4 is 20.7 Å². The molecule has 0 spiro atoms. The average molecular weight is 447 g/mol. The number of aromatic nitrogens is 4. The number of ether oxygens (including phenoxy) is 2. The standard InChI is InChI=1S/C22H21N7O4/c1-29-11-23-20(28-29)13-4-3-5-15(19(13)32-2)24-16-8-17(26-22(31)12-6-7-12)25-21-14(16)10-33-18(9-30)27-21/h3-5,8,11-12H,6-7,10H2,1-2H3,(H3,24,25,26,27,31). The highest BCUT2D eigenvalue weighted by molar-refractivity contribution is 5.94. The van der Waals surface area contributed by atoms with E-state index in [0.717, 1.165) is 12.8 Å². The van der Waals surface area contributed by atoms with Crippen LogP contribution >= 0.6 is 0 Å². The minimum Gasteiger partial charge on any atom is -0.494 e. The molecule has 2 aliphatic rings. The second-order valence-corrected chi connectivity index (χ2v) is 7.74. The number of nitrogens with zero attached hydrogens (tertiary/aromatic N) is 4. The minimum absolute atomic E-state index is 0.0172. The van der Waals surface area contributed by atoms with Crippen LogP contribution in [0.5, 0.6) is 5.75 Å². The molecule has 1 aliphatic heterocycles. The number of amides is 1. The fourth-order valence-corrected chi connectivity index (χ4v) is 3.55. The molecule has 1 saturated carbocycles. The number of pyridine rings is 1. The maximum Gasteiger partial charge on any atom is 0.281 e. The van der Waals surface area contributed by atoms with E-state index in [0.29, 0.717) is 45.7 Å². The topological polar surface area (TPSA) is 132 Å². The van der Waals surface area contributed by atoms with Gasteiger partial charge in [0.2, 0.25) is 5.91 Å².